The van der Waals surface area contributed by atoms with Gasteiger partial charge in [-0.25, -0.2) is 0 Å². The minimum atomic E-state index is 0.0760. The van der Waals surface area contributed by atoms with E-state index in [2.05, 4.69) is 31.1 Å². The summed E-state index contributed by atoms with van der Waals surface area (Å²) < 4.78 is 5.95. The topological polar surface area (TPSA) is 24.5 Å². The van der Waals surface area contributed by atoms with Gasteiger partial charge in [0, 0.05) is 29.2 Å². The zero-order valence-corrected chi connectivity index (χ0v) is 13.7. The van der Waals surface area contributed by atoms with E-state index in [1.165, 1.54) is 0 Å². The fraction of sp³-hybridized carbons (Fsp3) is 0.600. The minimum absolute atomic E-state index is 0.0760. The number of benzene rings is 1. The number of nitrogens with zero attached hydrogens (tertiary/aromatic N) is 1. The Labute approximate surface area is 131 Å². The molecule has 2 atom stereocenters. The second-order valence-corrected chi connectivity index (χ2v) is 6.41. The number of hydrogen-bond donors (Lipinski definition) is 1. The van der Waals surface area contributed by atoms with Crippen molar-refractivity contribution in [2.45, 2.75) is 32.0 Å². The summed E-state index contributed by atoms with van der Waals surface area (Å²) in [4.78, 5) is 2.29. The summed E-state index contributed by atoms with van der Waals surface area (Å²) in [5.41, 5.74) is 1.04. The van der Waals surface area contributed by atoms with E-state index in [-0.39, 0.29) is 12.1 Å². The summed E-state index contributed by atoms with van der Waals surface area (Å²) in [6.45, 7) is 6.71. The van der Waals surface area contributed by atoms with Crippen LogP contribution in [0.5, 0.6) is 0 Å². The largest absolute Gasteiger partial charge is 0.374 e. The van der Waals surface area contributed by atoms with Gasteiger partial charge in [0.15, 0.2) is 0 Å². The summed E-state index contributed by atoms with van der Waals surface area (Å²) in [6, 6.07) is 6.18. The van der Waals surface area contributed by atoms with Crippen LogP contribution in [0.4, 0.5) is 0 Å². The standard InChI is InChI=1S/C15H22Cl2N2O/c1-10(2)18-9-14-15(19(3)6-7-20-14)12-8-11(16)4-5-13(12)17/h4-5,8,10,14-15,18H,6-7,9H2,1-3H3. The molecule has 0 aliphatic carbocycles. The summed E-state index contributed by atoms with van der Waals surface area (Å²) in [5, 5.41) is 4.89. The number of morpholine rings is 1. The molecule has 1 saturated heterocycles. The van der Waals surface area contributed by atoms with E-state index < -0.39 is 0 Å². The molecule has 1 N–H and O–H groups in total. The lowest BCUT2D eigenvalue weighted by atomic mass is 9.98. The second-order valence-electron chi connectivity index (χ2n) is 5.56. The molecule has 0 bridgehead atoms. The Morgan fingerprint density at radius 2 is 2.15 bits per heavy atom. The van der Waals surface area contributed by atoms with Crippen molar-refractivity contribution in [3.05, 3.63) is 33.8 Å². The van der Waals surface area contributed by atoms with Gasteiger partial charge in [-0.1, -0.05) is 37.0 Å². The third kappa shape index (κ3) is 3.86. The van der Waals surface area contributed by atoms with Gasteiger partial charge in [-0.05, 0) is 30.8 Å². The molecular formula is C15H22Cl2N2O. The summed E-state index contributed by atoms with van der Waals surface area (Å²) in [5.74, 6) is 0. The lowest BCUT2D eigenvalue weighted by Crippen LogP contribution is -2.48. The van der Waals surface area contributed by atoms with Gasteiger partial charge in [-0.2, -0.15) is 0 Å². The molecule has 0 radical (unpaired) electrons. The van der Waals surface area contributed by atoms with Crippen LogP contribution in [0.2, 0.25) is 10.0 Å². The maximum atomic E-state index is 6.36. The minimum Gasteiger partial charge on any atom is -0.374 e. The molecule has 0 spiro atoms. The number of halogens is 2. The number of nitrogens with one attached hydrogen (secondary N) is 1. The predicted molar refractivity (Wildman–Crippen MR) is 84.7 cm³/mol. The van der Waals surface area contributed by atoms with Crippen molar-refractivity contribution >= 4 is 23.2 Å². The smallest absolute Gasteiger partial charge is 0.0897 e. The number of hydrogen-bond acceptors (Lipinski definition) is 3. The average Bonchev–Trinajstić information content (AvgIpc) is 2.39. The Hall–Kier alpha value is -0.320. The molecule has 1 aliphatic rings. The van der Waals surface area contributed by atoms with Gasteiger partial charge in [-0.15, -0.1) is 0 Å². The van der Waals surface area contributed by atoms with Crippen LogP contribution in [0.1, 0.15) is 25.5 Å². The van der Waals surface area contributed by atoms with Gasteiger partial charge in [0.2, 0.25) is 0 Å². The van der Waals surface area contributed by atoms with Crippen LogP contribution in [-0.4, -0.2) is 43.8 Å². The second kappa shape index (κ2) is 7.10. The maximum Gasteiger partial charge on any atom is 0.0897 e. The SMILES string of the molecule is CC(C)NCC1OCCN(C)C1c1cc(Cl)ccc1Cl. The van der Waals surface area contributed by atoms with Gasteiger partial charge in [0.25, 0.3) is 0 Å². The highest BCUT2D eigenvalue weighted by Gasteiger charge is 2.32. The first-order chi connectivity index (χ1) is 9.49. The summed E-state index contributed by atoms with van der Waals surface area (Å²) in [6.07, 6.45) is 0.0760. The van der Waals surface area contributed by atoms with Crippen molar-refractivity contribution in [3.8, 4) is 0 Å². The van der Waals surface area contributed by atoms with Crippen LogP contribution in [0.3, 0.4) is 0 Å². The van der Waals surface area contributed by atoms with Crippen molar-refractivity contribution in [2.24, 2.45) is 0 Å². The molecule has 5 heteroatoms. The zero-order chi connectivity index (χ0) is 14.7. The van der Waals surface area contributed by atoms with Crippen LogP contribution in [0.25, 0.3) is 0 Å². The monoisotopic (exact) mass is 316 g/mol. The Morgan fingerprint density at radius 3 is 2.85 bits per heavy atom. The van der Waals surface area contributed by atoms with E-state index in [0.717, 1.165) is 30.3 Å². The third-order valence-electron chi connectivity index (χ3n) is 3.61. The number of rotatable bonds is 4. The van der Waals surface area contributed by atoms with E-state index in [1.54, 1.807) is 0 Å². The lowest BCUT2D eigenvalue weighted by molar-refractivity contribution is -0.0619. The van der Waals surface area contributed by atoms with E-state index in [0.29, 0.717) is 11.1 Å². The maximum absolute atomic E-state index is 6.36. The fourth-order valence-corrected chi connectivity index (χ4v) is 2.97. The molecule has 1 aromatic rings. The first-order valence-electron chi connectivity index (χ1n) is 6.99. The van der Waals surface area contributed by atoms with Crippen molar-refractivity contribution in [1.82, 2.24) is 10.2 Å². The zero-order valence-electron chi connectivity index (χ0n) is 12.2. The van der Waals surface area contributed by atoms with Crippen molar-refractivity contribution in [1.29, 1.82) is 0 Å². The van der Waals surface area contributed by atoms with Crippen molar-refractivity contribution in [3.63, 3.8) is 0 Å². The summed E-state index contributed by atoms with van der Waals surface area (Å²) >= 11 is 12.5. The van der Waals surface area contributed by atoms with E-state index >= 15 is 0 Å². The molecule has 2 unspecified atom stereocenters. The molecule has 1 heterocycles. The molecule has 0 saturated carbocycles. The number of likely N-dealkylation sites (N-methyl/N-ethyl adjacent to an activating group) is 1. The van der Waals surface area contributed by atoms with Crippen molar-refractivity contribution in [2.75, 3.05) is 26.7 Å². The van der Waals surface area contributed by atoms with Crippen LogP contribution in [0, 0.1) is 0 Å². The molecule has 20 heavy (non-hydrogen) atoms. The predicted octanol–water partition coefficient (Wildman–Crippen LogP) is 3.36. The van der Waals surface area contributed by atoms with Gasteiger partial charge < -0.3 is 10.1 Å². The highest BCUT2D eigenvalue weighted by atomic mass is 35.5. The molecule has 1 aliphatic heterocycles. The van der Waals surface area contributed by atoms with Crippen LogP contribution < -0.4 is 5.32 Å². The molecule has 1 fully saturated rings. The van der Waals surface area contributed by atoms with E-state index in [1.807, 2.05) is 18.2 Å². The quantitative estimate of drug-likeness (QED) is 0.921. The normalized spacial score (nSPS) is 24.3. The Morgan fingerprint density at radius 1 is 1.40 bits per heavy atom. The van der Waals surface area contributed by atoms with E-state index in [9.17, 15) is 0 Å². The third-order valence-corrected chi connectivity index (χ3v) is 4.19. The molecule has 1 aromatic carbocycles. The Bertz CT molecular complexity index is 453. The summed E-state index contributed by atoms with van der Waals surface area (Å²) in [7, 11) is 2.10. The highest BCUT2D eigenvalue weighted by Crippen LogP contribution is 2.34. The van der Waals surface area contributed by atoms with Crippen molar-refractivity contribution < 1.29 is 4.74 Å². The van der Waals surface area contributed by atoms with Crippen LogP contribution >= 0.6 is 23.2 Å². The van der Waals surface area contributed by atoms with Gasteiger partial charge in [-0.3, -0.25) is 4.90 Å². The molecule has 0 amide bonds. The molecule has 3 nitrogen and oxygen atoms in total. The fourth-order valence-electron chi connectivity index (χ4n) is 2.56. The van der Waals surface area contributed by atoms with Gasteiger partial charge >= 0.3 is 0 Å². The van der Waals surface area contributed by atoms with Gasteiger partial charge in [0.05, 0.1) is 18.8 Å². The first-order valence-corrected chi connectivity index (χ1v) is 7.75. The lowest BCUT2D eigenvalue weighted by Gasteiger charge is -2.40. The Kier molecular flexibility index (Phi) is 5.70. The van der Waals surface area contributed by atoms with Crippen LogP contribution in [-0.2, 0) is 4.74 Å². The molecular weight excluding hydrogens is 295 g/mol. The Balaban J connectivity index is 2.24. The van der Waals surface area contributed by atoms with Crippen LogP contribution in [0.15, 0.2) is 18.2 Å². The van der Waals surface area contributed by atoms with E-state index in [4.69, 9.17) is 27.9 Å². The average molecular weight is 317 g/mol. The number of ether oxygens (including phenoxy) is 1. The molecule has 112 valence electrons. The molecule has 2 rings (SSSR count). The highest BCUT2D eigenvalue weighted by molar-refractivity contribution is 6.33. The molecule has 0 aromatic heterocycles. The first kappa shape index (κ1) is 16.1. The van der Waals surface area contributed by atoms with Gasteiger partial charge in [0.1, 0.15) is 0 Å².